The van der Waals surface area contributed by atoms with Crippen LogP contribution in [0.4, 0.5) is 5.00 Å². The summed E-state index contributed by atoms with van der Waals surface area (Å²) in [5.41, 5.74) is 1.34. The molecule has 3 aromatic rings. The SMILES string of the molecule is CCOC(=O)c1cc(-c2ccccc2)sc1NC(=O)COC(=O)c1cccc(OSN)c1. The summed E-state index contributed by atoms with van der Waals surface area (Å²) in [5, 5.41) is 8.20. The van der Waals surface area contributed by atoms with Crippen molar-refractivity contribution in [1.82, 2.24) is 0 Å². The first-order valence-electron chi connectivity index (χ1n) is 9.48. The van der Waals surface area contributed by atoms with Gasteiger partial charge in [0.25, 0.3) is 5.91 Å². The predicted molar refractivity (Wildman–Crippen MR) is 123 cm³/mol. The van der Waals surface area contributed by atoms with Crippen molar-refractivity contribution in [3.8, 4) is 16.2 Å². The molecule has 0 aliphatic carbocycles. The first-order chi connectivity index (χ1) is 15.5. The smallest absolute Gasteiger partial charge is 0.341 e. The van der Waals surface area contributed by atoms with Gasteiger partial charge in [-0.25, -0.2) is 14.7 Å². The van der Waals surface area contributed by atoms with Crippen LogP contribution in [0.2, 0.25) is 0 Å². The summed E-state index contributed by atoms with van der Waals surface area (Å²) in [4.78, 5) is 37.8. The van der Waals surface area contributed by atoms with Crippen molar-refractivity contribution in [1.29, 1.82) is 0 Å². The number of benzene rings is 2. The maximum absolute atomic E-state index is 12.4. The van der Waals surface area contributed by atoms with Gasteiger partial charge in [0.2, 0.25) is 0 Å². The van der Waals surface area contributed by atoms with Gasteiger partial charge in [-0.3, -0.25) is 4.79 Å². The highest BCUT2D eigenvalue weighted by Gasteiger charge is 2.20. The molecule has 0 saturated carbocycles. The molecule has 10 heteroatoms. The molecule has 166 valence electrons. The van der Waals surface area contributed by atoms with Crippen LogP contribution in [-0.4, -0.2) is 31.1 Å². The van der Waals surface area contributed by atoms with Gasteiger partial charge in [0.05, 0.1) is 17.7 Å². The van der Waals surface area contributed by atoms with E-state index in [1.807, 2.05) is 30.3 Å². The standard InChI is InChI=1S/C22H20N2O6S2/c1-2-28-22(27)17-12-18(14-7-4-3-5-8-14)31-20(17)24-19(25)13-29-21(26)15-9-6-10-16(11-15)30-32-23/h3-12H,2,13,23H2,1H3,(H,24,25). The molecular weight excluding hydrogens is 452 g/mol. The van der Waals surface area contributed by atoms with E-state index in [0.29, 0.717) is 23.0 Å². The van der Waals surface area contributed by atoms with E-state index < -0.39 is 24.5 Å². The second-order valence-electron chi connectivity index (χ2n) is 6.27. The van der Waals surface area contributed by atoms with Gasteiger partial charge < -0.3 is 19.0 Å². The second-order valence-corrected chi connectivity index (χ2v) is 7.68. The molecule has 0 radical (unpaired) electrons. The molecule has 1 heterocycles. The van der Waals surface area contributed by atoms with Crippen LogP contribution in [-0.2, 0) is 14.3 Å². The summed E-state index contributed by atoms with van der Waals surface area (Å²) >= 11 is 1.88. The van der Waals surface area contributed by atoms with Crippen LogP contribution >= 0.6 is 23.6 Å². The minimum absolute atomic E-state index is 0.200. The van der Waals surface area contributed by atoms with Gasteiger partial charge in [-0.05, 0) is 36.8 Å². The van der Waals surface area contributed by atoms with Gasteiger partial charge in [-0.15, -0.1) is 11.3 Å². The third-order valence-electron chi connectivity index (χ3n) is 4.09. The molecule has 2 aromatic carbocycles. The molecule has 0 spiro atoms. The summed E-state index contributed by atoms with van der Waals surface area (Å²) in [5.74, 6) is -1.46. The van der Waals surface area contributed by atoms with Gasteiger partial charge >= 0.3 is 11.9 Å². The van der Waals surface area contributed by atoms with Crippen molar-refractivity contribution >= 4 is 46.4 Å². The number of nitrogens with two attached hydrogens (primary N) is 1. The fourth-order valence-corrected chi connectivity index (χ4v) is 3.98. The summed E-state index contributed by atoms with van der Waals surface area (Å²) in [7, 11) is 0. The number of carbonyl (C=O) groups is 3. The van der Waals surface area contributed by atoms with Gasteiger partial charge in [0.15, 0.2) is 6.61 Å². The topological polar surface area (TPSA) is 117 Å². The number of carbonyl (C=O) groups excluding carboxylic acids is 3. The Labute approximate surface area is 193 Å². The summed E-state index contributed by atoms with van der Waals surface area (Å²) in [6, 6.07) is 17.3. The van der Waals surface area contributed by atoms with Gasteiger partial charge in [0.1, 0.15) is 23.0 Å². The Bertz CT molecular complexity index is 1100. The number of nitrogens with one attached hydrogen (secondary N) is 1. The Hall–Kier alpha value is -3.34. The fourth-order valence-electron chi connectivity index (χ4n) is 2.70. The van der Waals surface area contributed by atoms with Crippen LogP contribution in [0, 0.1) is 0 Å². The molecule has 0 aliphatic rings. The molecule has 1 amide bonds. The Morgan fingerprint density at radius 2 is 1.78 bits per heavy atom. The third kappa shape index (κ3) is 6.10. The number of anilines is 1. The number of hydrogen-bond donors (Lipinski definition) is 2. The summed E-state index contributed by atoms with van der Waals surface area (Å²) < 4.78 is 15.2. The first kappa shape index (κ1) is 23.3. The lowest BCUT2D eigenvalue weighted by Crippen LogP contribution is -2.21. The number of thiophene rings is 1. The zero-order chi connectivity index (χ0) is 22.9. The minimum Gasteiger partial charge on any atom is -0.462 e. The second kappa shape index (κ2) is 11.3. The monoisotopic (exact) mass is 472 g/mol. The van der Waals surface area contributed by atoms with E-state index in [4.69, 9.17) is 18.8 Å². The van der Waals surface area contributed by atoms with Crippen LogP contribution in [0.15, 0.2) is 60.7 Å². The zero-order valence-electron chi connectivity index (χ0n) is 17.0. The quantitative estimate of drug-likeness (QED) is 0.269. The molecule has 0 atom stereocenters. The van der Waals surface area contributed by atoms with E-state index >= 15 is 0 Å². The van der Waals surface area contributed by atoms with Gasteiger partial charge in [0, 0.05) is 4.88 Å². The molecule has 1 aromatic heterocycles. The Morgan fingerprint density at radius 3 is 2.50 bits per heavy atom. The lowest BCUT2D eigenvalue weighted by molar-refractivity contribution is -0.119. The van der Waals surface area contributed by atoms with Crippen molar-refractivity contribution in [2.75, 3.05) is 18.5 Å². The van der Waals surface area contributed by atoms with E-state index in [2.05, 4.69) is 5.32 Å². The Balaban J connectivity index is 1.69. The minimum atomic E-state index is -0.700. The van der Waals surface area contributed by atoms with Crippen LogP contribution in [0.3, 0.4) is 0 Å². The molecule has 3 rings (SSSR count). The summed E-state index contributed by atoms with van der Waals surface area (Å²) in [6.07, 6.45) is 0. The Morgan fingerprint density at radius 1 is 1.00 bits per heavy atom. The Kier molecular flexibility index (Phi) is 8.26. The van der Waals surface area contributed by atoms with Crippen molar-refractivity contribution in [3.63, 3.8) is 0 Å². The van der Waals surface area contributed by atoms with Crippen molar-refractivity contribution in [3.05, 3.63) is 71.8 Å². The van der Waals surface area contributed by atoms with E-state index in [-0.39, 0.29) is 17.7 Å². The predicted octanol–water partition coefficient (Wildman–Crippen LogP) is 4.29. The maximum atomic E-state index is 12.4. The largest absolute Gasteiger partial charge is 0.462 e. The van der Waals surface area contributed by atoms with Crippen LogP contribution in [0.5, 0.6) is 5.75 Å². The van der Waals surface area contributed by atoms with Crippen molar-refractivity contribution < 1.29 is 28.0 Å². The number of ether oxygens (including phenoxy) is 2. The highest BCUT2D eigenvalue weighted by atomic mass is 32.2. The molecule has 32 heavy (non-hydrogen) atoms. The summed E-state index contributed by atoms with van der Waals surface area (Å²) in [6.45, 7) is 1.37. The maximum Gasteiger partial charge on any atom is 0.341 e. The van der Waals surface area contributed by atoms with Crippen LogP contribution in [0.25, 0.3) is 10.4 Å². The van der Waals surface area contributed by atoms with E-state index in [9.17, 15) is 14.4 Å². The highest BCUT2D eigenvalue weighted by Crippen LogP contribution is 2.36. The van der Waals surface area contributed by atoms with Crippen LogP contribution < -0.4 is 14.6 Å². The molecule has 3 N–H and O–H groups in total. The zero-order valence-corrected chi connectivity index (χ0v) is 18.7. The number of rotatable bonds is 9. The number of hydrogen-bond acceptors (Lipinski definition) is 9. The first-order valence-corrected chi connectivity index (χ1v) is 11.1. The molecule has 0 bridgehead atoms. The highest BCUT2D eigenvalue weighted by molar-refractivity contribution is 7.92. The van der Waals surface area contributed by atoms with E-state index in [1.54, 1.807) is 25.1 Å². The van der Waals surface area contributed by atoms with E-state index in [0.717, 1.165) is 10.4 Å². The molecule has 8 nitrogen and oxygen atoms in total. The van der Waals surface area contributed by atoms with Gasteiger partial charge in [-0.1, -0.05) is 36.4 Å². The lowest BCUT2D eigenvalue weighted by Gasteiger charge is -2.08. The normalized spacial score (nSPS) is 10.3. The molecular formula is C22H20N2O6S2. The number of amides is 1. The molecule has 0 aliphatic heterocycles. The lowest BCUT2D eigenvalue weighted by atomic mass is 10.1. The van der Waals surface area contributed by atoms with Crippen LogP contribution in [0.1, 0.15) is 27.6 Å². The third-order valence-corrected chi connectivity index (χ3v) is 5.48. The van der Waals surface area contributed by atoms with E-state index in [1.165, 1.54) is 23.5 Å². The molecule has 0 saturated heterocycles. The molecule has 0 unspecified atom stereocenters. The molecule has 0 fully saturated rings. The average molecular weight is 473 g/mol. The number of esters is 2. The van der Waals surface area contributed by atoms with Crippen molar-refractivity contribution in [2.45, 2.75) is 6.92 Å². The average Bonchev–Trinajstić information content (AvgIpc) is 3.22. The van der Waals surface area contributed by atoms with Crippen molar-refractivity contribution in [2.24, 2.45) is 5.14 Å². The fraction of sp³-hybridized carbons (Fsp3) is 0.136. The van der Waals surface area contributed by atoms with Gasteiger partial charge in [-0.2, -0.15) is 0 Å².